The highest BCUT2D eigenvalue weighted by molar-refractivity contribution is 6.18. The normalized spacial score (nSPS) is 25.7. The van der Waals surface area contributed by atoms with Crippen LogP contribution in [0.3, 0.4) is 0 Å². The highest BCUT2D eigenvalue weighted by atomic mass is 35.5. The Morgan fingerprint density at radius 1 is 1.45 bits per heavy atom. The van der Waals surface area contributed by atoms with E-state index in [0.717, 1.165) is 0 Å². The molecule has 1 amide bonds. The van der Waals surface area contributed by atoms with Gasteiger partial charge in [-0.15, -0.1) is 11.6 Å². The van der Waals surface area contributed by atoms with Crippen molar-refractivity contribution >= 4 is 23.7 Å². The topological polar surface area (TPSA) is 55.8 Å². The molecule has 2 rings (SSSR count). The molecule has 0 aromatic carbocycles. The lowest BCUT2D eigenvalue weighted by Gasteiger charge is -2.37. The number of alkyl halides is 1. The maximum atomic E-state index is 12.0. The lowest BCUT2D eigenvalue weighted by atomic mass is 9.76. The van der Waals surface area contributed by atoms with Crippen LogP contribution in [0.5, 0.6) is 0 Å². The number of halogens is 1. The van der Waals surface area contributed by atoms with Crippen LogP contribution in [0.15, 0.2) is 0 Å². The molecule has 2 fully saturated rings. The molecular weight excluding hydrogens is 282 g/mol. The van der Waals surface area contributed by atoms with Gasteiger partial charge in [-0.3, -0.25) is 4.79 Å². The van der Waals surface area contributed by atoms with Crippen LogP contribution in [0, 0.1) is 5.41 Å². The van der Waals surface area contributed by atoms with Gasteiger partial charge in [0, 0.05) is 19.5 Å². The molecule has 0 saturated carbocycles. The Morgan fingerprint density at radius 2 is 2.05 bits per heavy atom. The van der Waals surface area contributed by atoms with E-state index in [1.54, 1.807) is 4.90 Å². The van der Waals surface area contributed by atoms with E-state index in [1.807, 2.05) is 20.8 Å². The number of likely N-dealkylation sites (tertiary alicyclic amines) is 1. The molecule has 20 heavy (non-hydrogen) atoms. The second kappa shape index (κ2) is 5.43. The molecule has 0 bridgehead atoms. The maximum Gasteiger partial charge on any atom is 0.410 e. The number of hydrogen-bond donors (Lipinski definition) is 0. The fraction of sp³-hybridized carbons (Fsp3) is 0.857. The predicted octanol–water partition coefficient (Wildman–Crippen LogP) is 2.56. The first-order valence-corrected chi connectivity index (χ1v) is 7.54. The molecule has 2 aliphatic heterocycles. The van der Waals surface area contributed by atoms with Gasteiger partial charge in [-0.25, -0.2) is 4.79 Å². The second-order valence-electron chi connectivity index (χ2n) is 6.63. The zero-order chi connectivity index (χ0) is 15.0. The van der Waals surface area contributed by atoms with Crippen molar-refractivity contribution in [1.82, 2.24) is 4.90 Å². The Kier molecular flexibility index (Phi) is 4.19. The molecular formula is C14H22ClNO4. The lowest BCUT2D eigenvalue weighted by Crippen LogP contribution is -2.46. The lowest BCUT2D eigenvalue weighted by molar-refractivity contribution is -0.150. The predicted molar refractivity (Wildman–Crippen MR) is 74.7 cm³/mol. The zero-order valence-corrected chi connectivity index (χ0v) is 13.0. The molecule has 6 heteroatoms. The number of carbonyl (C=O) groups is 2. The van der Waals surface area contributed by atoms with Gasteiger partial charge < -0.3 is 14.4 Å². The average Bonchev–Trinajstić information content (AvgIpc) is 2.65. The van der Waals surface area contributed by atoms with Crippen molar-refractivity contribution in [2.45, 2.75) is 51.7 Å². The molecule has 1 atom stereocenters. The number of cyclic esters (lactones) is 1. The molecule has 5 nitrogen and oxygen atoms in total. The number of amides is 1. The minimum absolute atomic E-state index is 0.160. The van der Waals surface area contributed by atoms with Crippen LogP contribution in [-0.2, 0) is 14.3 Å². The summed E-state index contributed by atoms with van der Waals surface area (Å²) in [6, 6.07) is 0. The monoisotopic (exact) mass is 303 g/mol. The summed E-state index contributed by atoms with van der Waals surface area (Å²) in [5.74, 6) is 0.176. The van der Waals surface area contributed by atoms with E-state index in [9.17, 15) is 9.59 Å². The Balaban J connectivity index is 1.93. The summed E-state index contributed by atoms with van der Waals surface area (Å²) in [5.41, 5.74) is -0.944. The van der Waals surface area contributed by atoms with Crippen LogP contribution in [0.1, 0.15) is 40.0 Å². The van der Waals surface area contributed by atoms with Gasteiger partial charge in [0.1, 0.15) is 11.7 Å². The molecule has 0 aliphatic carbocycles. The Morgan fingerprint density at radius 3 is 2.50 bits per heavy atom. The summed E-state index contributed by atoms with van der Waals surface area (Å²) in [7, 11) is 0. The average molecular weight is 304 g/mol. The first-order valence-electron chi connectivity index (χ1n) is 7.01. The van der Waals surface area contributed by atoms with Crippen LogP contribution in [0.25, 0.3) is 0 Å². The molecule has 0 radical (unpaired) electrons. The standard InChI is InChI=1S/C14H22ClNO4/c1-13(2,3)20-12(18)16-6-4-14(5-7-16)8-10(9-15)19-11(14)17/h10H,4-9H2,1-3H3/t10-/m1/s1. The molecule has 0 N–H and O–H groups in total. The molecule has 2 heterocycles. The van der Waals surface area contributed by atoms with Crippen molar-refractivity contribution in [1.29, 1.82) is 0 Å². The van der Waals surface area contributed by atoms with Gasteiger partial charge in [0.25, 0.3) is 0 Å². The fourth-order valence-corrected chi connectivity index (χ4v) is 2.95. The van der Waals surface area contributed by atoms with E-state index in [4.69, 9.17) is 21.1 Å². The molecule has 0 unspecified atom stereocenters. The van der Waals surface area contributed by atoms with Crippen molar-refractivity contribution in [3.8, 4) is 0 Å². The van der Waals surface area contributed by atoms with E-state index in [2.05, 4.69) is 0 Å². The molecule has 0 aromatic rings. The van der Waals surface area contributed by atoms with Crippen molar-refractivity contribution in [3.63, 3.8) is 0 Å². The summed E-state index contributed by atoms with van der Waals surface area (Å²) < 4.78 is 10.6. The summed E-state index contributed by atoms with van der Waals surface area (Å²) >= 11 is 5.77. The Bertz CT molecular complexity index is 396. The first-order chi connectivity index (χ1) is 9.26. The van der Waals surface area contributed by atoms with Gasteiger partial charge in [-0.05, 0) is 33.6 Å². The molecule has 2 aliphatic rings. The van der Waals surface area contributed by atoms with Crippen LogP contribution >= 0.6 is 11.6 Å². The Hall–Kier alpha value is -0.970. The molecule has 1 spiro atoms. The summed E-state index contributed by atoms with van der Waals surface area (Å²) in [6.07, 6.45) is 1.42. The van der Waals surface area contributed by atoms with Crippen LogP contribution in [0.2, 0.25) is 0 Å². The third-order valence-corrected chi connectivity index (χ3v) is 4.21. The van der Waals surface area contributed by atoms with Crippen LogP contribution < -0.4 is 0 Å². The number of ether oxygens (including phenoxy) is 2. The van der Waals surface area contributed by atoms with Crippen molar-refractivity contribution in [2.75, 3.05) is 19.0 Å². The molecule has 2 saturated heterocycles. The van der Waals surface area contributed by atoms with E-state index in [0.29, 0.717) is 38.2 Å². The zero-order valence-electron chi connectivity index (χ0n) is 12.3. The van der Waals surface area contributed by atoms with Crippen molar-refractivity contribution in [2.24, 2.45) is 5.41 Å². The van der Waals surface area contributed by atoms with E-state index in [-0.39, 0.29) is 18.2 Å². The number of esters is 1. The Labute approximate surface area is 124 Å². The van der Waals surface area contributed by atoms with Crippen LogP contribution in [-0.4, -0.2) is 47.6 Å². The van der Waals surface area contributed by atoms with Crippen molar-refractivity contribution in [3.05, 3.63) is 0 Å². The summed E-state index contributed by atoms with van der Waals surface area (Å²) in [4.78, 5) is 25.7. The van der Waals surface area contributed by atoms with Gasteiger partial charge in [0.2, 0.25) is 0 Å². The number of piperidine rings is 1. The van der Waals surface area contributed by atoms with E-state index < -0.39 is 11.0 Å². The highest BCUT2D eigenvalue weighted by Gasteiger charge is 2.50. The van der Waals surface area contributed by atoms with E-state index >= 15 is 0 Å². The summed E-state index contributed by atoms with van der Waals surface area (Å²) in [6.45, 7) is 6.58. The maximum absolute atomic E-state index is 12.0. The van der Waals surface area contributed by atoms with Gasteiger partial charge >= 0.3 is 12.1 Å². The second-order valence-corrected chi connectivity index (χ2v) is 6.94. The highest BCUT2D eigenvalue weighted by Crippen LogP contribution is 2.43. The SMILES string of the molecule is CC(C)(C)OC(=O)N1CCC2(CC1)C[C@H](CCl)OC2=O. The molecule has 114 valence electrons. The third-order valence-electron chi connectivity index (χ3n) is 3.87. The van der Waals surface area contributed by atoms with E-state index in [1.165, 1.54) is 0 Å². The number of hydrogen-bond acceptors (Lipinski definition) is 4. The quantitative estimate of drug-likeness (QED) is 0.552. The fourth-order valence-electron chi connectivity index (χ4n) is 2.78. The number of carbonyl (C=O) groups excluding carboxylic acids is 2. The molecule has 0 aromatic heterocycles. The number of rotatable bonds is 1. The first kappa shape index (κ1) is 15.4. The van der Waals surface area contributed by atoms with Crippen LogP contribution in [0.4, 0.5) is 4.79 Å². The van der Waals surface area contributed by atoms with Gasteiger partial charge in [-0.1, -0.05) is 0 Å². The third kappa shape index (κ3) is 3.19. The van der Waals surface area contributed by atoms with Gasteiger partial charge in [-0.2, -0.15) is 0 Å². The van der Waals surface area contributed by atoms with Gasteiger partial charge in [0.15, 0.2) is 0 Å². The van der Waals surface area contributed by atoms with Crippen molar-refractivity contribution < 1.29 is 19.1 Å². The largest absolute Gasteiger partial charge is 0.461 e. The minimum atomic E-state index is -0.498. The minimum Gasteiger partial charge on any atom is -0.461 e. The number of nitrogens with zero attached hydrogens (tertiary/aromatic N) is 1. The van der Waals surface area contributed by atoms with Gasteiger partial charge in [0.05, 0.1) is 11.3 Å². The summed E-state index contributed by atoms with van der Waals surface area (Å²) in [5, 5.41) is 0. The smallest absolute Gasteiger partial charge is 0.410 e.